The molecule has 0 saturated heterocycles. The summed E-state index contributed by atoms with van der Waals surface area (Å²) in [6, 6.07) is 5.61. The summed E-state index contributed by atoms with van der Waals surface area (Å²) in [7, 11) is -2.90. The number of ether oxygens (including phenoxy) is 1. The normalized spacial score (nSPS) is 17.8. The number of hydrogen-bond acceptors (Lipinski definition) is 9. The summed E-state index contributed by atoms with van der Waals surface area (Å²) >= 11 is 0.814. The van der Waals surface area contributed by atoms with Gasteiger partial charge in [-0.3, -0.25) is 9.83 Å². The molecule has 1 unspecified atom stereocenters. The van der Waals surface area contributed by atoms with E-state index in [1.165, 1.54) is 7.11 Å². The molecule has 0 N–H and O–H groups in total. The molecule has 0 bridgehead atoms. The van der Waals surface area contributed by atoms with Crippen LogP contribution in [0.25, 0.3) is 0 Å². The summed E-state index contributed by atoms with van der Waals surface area (Å²) in [5.41, 5.74) is 2.70. The smallest absolute Gasteiger partial charge is 0.748 e. The van der Waals surface area contributed by atoms with Gasteiger partial charge in [-0.2, -0.15) is 8.91 Å². The largest absolute Gasteiger partial charge is 1.00 e. The Balaban J connectivity index is 0.00000512. The van der Waals surface area contributed by atoms with Crippen LogP contribution in [0.3, 0.4) is 0 Å². The minimum absolute atomic E-state index is 0. The maximum absolute atomic E-state index is 11.3. The Labute approximate surface area is 215 Å². The van der Waals surface area contributed by atoms with Gasteiger partial charge < -0.3 is 14.5 Å². The Morgan fingerprint density at radius 2 is 1.94 bits per heavy atom. The molecule has 1 aromatic carbocycles. The molecule has 12 heteroatoms. The van der Waals surface area contributed by atoms with Gasteiger partial charge in [0.1, 0.15) is 6.54 Å². The van der Waals surface area contributed by atoms with Gasteiger partial charge in [0.25, 0.3) is 0 Å². The summed E-state index contributed by atoms with van der Waals surface area (Å²) in [5.74, 6) is -0.638. The fourth-order valence-electron chi connectivity index (χ4n) is 4.00. The molecule has 0 aromatic heterocycles. The van der Waals surface area contributed by atoms with E-state index in [9.17, 15) is 23.0 Å². The first-order valence-electron chi connectivity index (χ1n) is 10.0. The van der Waals surface area contributed by atoms with Gasteiger partial charge in [0, 0.05) is 42.0 Å². The van der Waals surface area contributed by atoms with Crippen LogP contribution in [0, 0.1) is 0 Å². The Morgan fingerprint density at radius 1 is 1.22 bits per heavy atom. The average Bonchev–Trinajstić information content (AvgIpc) is 2.92. The van der Waals surface area contributed by atoms with Gasteiger partial charge in [0.15, 0.2) is 5.71 Å². The van der Waals surface area contributed by atoms with E-state index in [0.29, 0.717) is 17.9 Å². The number of unbranched alkanes of at least 4 members (excludes halogenated alkanes) is 2. The van der Waals surface area contributed by atoms with Crippen LogP contribution < -0.4 is 34.8 Å². The second-order valence-electron chi connectivity index (χ2n) is 7.72. The molecule has 0 aliphatic carbocycles. The topological polar surface area (TPSA) is 128 Å². The maximum atomic E-state index is 11.3. The quantitative estimate of drug-likeness (QED) is 0.0511. The number of methoxy groups -OCH3 is 1. The van der Waals surface area contributed by atoms with Crippen molar-refractivity contribution in [2.45, 2.75) is 62.7 Å². The molecule has 0 saturated carbocycles. The number of rotatable bonds is 13. The molecule has 0 radical (unpaired) electrons. The zero-order chi connectivity index (χ0) is 23.1. The molecular weight excluding hydrogens is 469 g/mol. The molecule has 1 atom stereocenters. The van der Waals surface area contributed by atoms with Crippen LogP contribution in [-0.4, -0.2) is 48.6 Å². The Bertz CT molecular complexity index is 922. The van der Waals surface area contributed by atoms with Crippen molar-refractivity contribution < 1.29 is 71.3 Å². The minimum atomic E-state index is -4.27. The summed E-state index contributed by atoms with van der Waals surface area (Å²) < 4.78 is 44.2. The molecule has 174 valence electrons. The minimum Gasteiger partial charge on any atom is -0.748 e. The monoisotopic (exact) mass is 497 g/mol. The van der Waals surface area contributed by atoms with Crippen molar-refractivity contribution in [3.63, 3.8) is 0 Å². The fraction of sp³-hybridized carbons (Fsp3) is 0.600. The van der Waals surface area contributed by atoms with Crippen molar-refractivity contribution in [2.24, 2.45) is 0 Å². The van der Waals surface area contributed by atoms with Gasteiger partial charge in [-0.1, -0.05) is 12.8 Å². The first-order valence-corrected chi connectivity index (χ1v) is 12.3. The molecule has 0 amide bonds. The van der Waals surface area contributed by atoms with E-state index >= 15 is 0 Å². The number of carbonyl (C=O) groups excluding carboxylic acids is 1. The zero-order valence-electron chi connectivity index (χ0n) is 18.9. The number of benzene rings is 1. The van der Waals surface area contributed by atoms with Crippen LogP contribution in [0.15, 0.2) is 23.1 Å². The number of hydrogen-bond donors (Lipinski definition) is 0. The van der Waals surface area contributed by atoms with Crippen molar-refractivity contribution in [3.05, 3.63) is 23.8 Å². The van der Waals surface area contributed by atoms with Crippen LogP contribution in [0.4, 0.5) is 5.69 Å². The van der Waals surface area contributed by atoms with E-state index in [2.05, 4.69) is 21.0 Å². The number of esters is 1. The van der Waals surface area contributed by atoms with Gasteiger partial charge in [-0.15, -0.1) is 0 Å². The summed E-state index contributed by atoms with van der Waals surface area (Å²) in [6.45, 7) is 4.53. The van der Waals surface area contributed by atoms with E-state index in [1.54, 1.807) is 6.07 Å². The second kappa shape index (κ2) is 13.4. The van der Waals surface area contributed by atoms with Gasteiger partial charge in [-0.05, 0) is 31.9 Å². The molecule has 1 aliphatic rings. The molecule has 2 rings (SSSR count). The Hall–Kier alpha value is -0.500. The van der Waals surface area contributed by atoms with Crippen molar-refractivity contribution in [2.75, 3.05) is 19.4 Å². The molecule has 1 heterocycles. The molecule has 9 nitrogen and oxygen atoms in total. The van der Waals surface area contributed by atoms with E-state index in [4.69, 9.17) is 0 Å². The number of fused-ring (bicyclic) bond motifs is 1. The zero-order valence-corrected chi connectivity index (χ0v) is 22.6. The van der Waals surface area contributed by atoms with E-state index in [1.807, 2.05) is 23.6 Å². The standard InChI is InChI=1S/C20H29NO8S2.Na/c1-15-20(2,11-6-4-5-8-19(22)27-3)17-14-16(30-29-28-23)9-10-18(17)21(15)12-7-13-31(24,25)26;/h9-10,14H,4-8,11-13H2,1-3H3,(H-,23,24,25,26);/q;+1/p-1. The third-order valence-corrected chi connectivity index (χ3v) is 7.13. The van der Waals surface area contributed by atoms with Gasteiger partial charge >= 0.3 is 35.5 Å². The first kappa shape index (κ1) is 29.5. The van der Waals surface area contributed by atoms with E-state index in [0.717, 1.165) is 54.7 Å². The molecule has 1 aromatic rings. The fourth-order valence-corrected chi connectivity index (χ4v) is 4.88. The van der Waals surface area contributed by atoms with Crippen LogP contribution in [-0.2, 0) is 34.4 Å². The Kier molecular flexibility index (Phi) is 12.4. The SMILES string of the molecule is COC(=O)CCCCCC1(C)C(C)=[N+](CCCS(=O)(=O)[O-])c2ccc(SOO[O-])cc21.[Na+]. The first-order chi connectivity index (χ1) is 14.6. The molecule has 0 spiro atoms. The van der Waals surface area contributed by atoms with Gasteiger partial charge in [0.2, 0.25) is 5.69 Å². The van der Waals surface area contributed by atoms with Crippen molar-refractivity contribution in [1.82, 2.24) is 0 Å². The van der Waals surface area contributed by atoms with Crippen molar-refractivity contribution >= 4 is 39.5 Å². The summed E-state index contributed by atoms with van der Waals surface area (Å²) in [5, 5.41) is 13.6. The van der Waals surface area contributed by atoms with Crippen molar-refractivity contribution in [3.8, 4) is 0 Å². The summed E-state index contributed by atoms with van der Waals surface area (Å²) in [6.07, 6.45) is 3.91. The average molecular weight is 498 g/mol. The van der Waals surface area contributed by atoms with Crippen LogP contribution >= 0.6 is 12.0 Å². The summed E-state index contributed by atoms with van der Waals surface area (Å²) in [4.78, 5) is 12.0. The van der Waals surface area contributed by atoms with Crippen LogP contribution in [0.1, 0.15) is 57.9 Å². The maximum Gasteiger partial charge on any atom is 1.00 e. The number of nitrogens with zero attached hydrogens (tertiary/aromatic N) is 1. The molecule has 0 fully saturated rings. The third kappa shape index (κ3) is 8.07. The van der Waals surface area contributed by atoms with Gasteiger partial charge in [0.05, 0.1) is 34.7 Å². The molecule has 32 heavy (non-hydrogen) atoms. The van der Waals surface area contributed by atoms with Crippen molar-refractivity contribution in [1.29, 1.82) is 0 Å². The van der Waals surface area contributed by atoms with E-state index in [-0.39, 0.29) is 47.4 Å². The van der Waals surface area contributed by atoms with Crippen LogP contribution in [0.2, 0.25) is 0 Å². The second-order valence-corrected chi connectivity index (χ2v) is 10.0. The number of carbonyl (C=O) groups is 1. The van der Waals surface area contributed by atoms with E-state index < -0.39 is 15.9 Å². The predicted molar refractivity (Wildman–Crippen MR) is 112 cm³/mol. The Morgan fingerprint density at radius 3 is 2.56 bits per heavy atom. The third-order valence-electron chi connectivity index (χ3n) is 5.78. The predicted octanol–water partition coefficient (Wildman–Crippen LogP) is -0.644. The molecule has 1 aliphatic heterocycles. The van der Waals surface area contributed by atoms with Crippen LogP contribution in [0.5, 0.6) is 0 Å². The van der Waals surface area contributed by atoms with Gasteiger partial charge in [-0.25, -0.2) is 8.42 Å². The molecular formula is C20H28NNaO8S2.